The summed E-state index contributed by atoms with van der Waals surface area (Å²) < 4.78 is 11.2. The lowest BCUT2D eigenvalue weighted by molar-refractivity contribution is -0.384. The second-order valence-electron chi connectivity index (χ2n) is 4.72. The summed E-state index contributed by atoms with van der Waals surface area (Å²) in [6, 6.07) is 10.9. The third-order valence-electron chi connectivity index (χ3n) is 2.98. The average Bonchev–Trinajstić information content (AvgIpc) is 2.60. The maximum Gasteiger partial charge on any atom is 0.277 e. The molecule has 0 radical (unpaired) electrons. The van der Waals surface area contributed by atoms with E-state index in [1.54, 1.807) is 12.1 Å². The molecule has 0 atom stereocenters. The third-order valence-corrected chi connectivity index (χ3v) is 3.48. The molecule has 9 heteroatoms. The number of nitrogens with zero attached hydrogens (tertiary/aromatic N) is 2. The first-order chi connectivity index (χ1) is 12.0. The summed E-state index contributed by atoms with van der Waals surface area (Å²) in [4.78, 5) is 21.9. The number of hydrazone groups is 1. The summed E-state index contributed by atoms with van der Waals surface area (Å²) in [6.07, 6.45) is 1.44. The maximum absolute atomic E-state index is 11.7. The quantitative estimate of drug-likeness (QED) is 0.431. The van der Waals surface area contributed by atoms with Gasteiger partial charge in [-0.25, -0.2) is 5.43 Å². The number of nitro benzene ring substituents is 1. The Morgan fingerprint density at radius 1 is 1.36 bits per heavy atom. The van der Waals surface area contributed by atoms with E-state index in [0.29, 0.717) is 11.3 Å². The molecule has 130 valence electrons. The average molecular weight is 408 g/mol. The van der Waals surface area contributed by atoms with Crippen LogP contribution in [0, 0.1) is 10.1 Å². The number of non-ortho nitro benzene ring substituents is 1. The highest BCUT2D eigenvalue weighted by molar-refractivity contribution is 9.10. The molecule has 2 aromatic carbocycles. The number of halogens is 1. The van der Waals surface area contributed by atoms with Gasteiger partial charge in [-0.1, -0.05) is 22.0 Å². The van der Waals surface area contributed by atoms with Crippen molar-refractivity contribution >= 4 is 33.7 Å². The molecule has 2 rings (SSSR count). The van der Waals surface area contributed by atoms with E-state index in [1.807, 2.05) is 6.07 Å². The number of hydrogen-bond acceptors (Lipinski definition) is 6. The SMILES string of the molecule is COc1ccc(Br)cc1/C=N/NC(=O)COc1cccc([N+](=O)[O-])c1. The van der Waals surface area contributed by atoms with Crippen molar-refractivity contribution in [3.63, 3.8) is 0 Å². The van der Waals surface area contributed by atoms with Crippen LogP contribution in [0.3, 0.4) is 0 Å². The second kappa shape index (κ2) is 8.78. The number of carbonyl (C=O) groups is 1. The van der Waals surface area contributed by atoms with Crippen LogP contribution in [0.15, 0.2) is 52.0 Å². The van der Waals surface area contributed by atoms with Crippen molar-refractivity contribution in [3.8, 4) is 11.5 Å². The predicted octanol–water partition coefficient (Wildman–Crippen LogP) is 2.90. The first kappa shape index (κ1) is 18.4. The molecule has 2 aromatic rings. The molecule has 1 N–H and O–H groups in total. The molecule has 0 spiro atoms. The Labute approximate surface area is 151 Å². The lowest BCUT2D eigenvalue weighted by Crippen LogP contribution is -2.24. The van der Waals surface area contributed by atoms with Crippen molar-refractivity contribution in [2.75, 3.05) is 13.7 Å². The topological polar surface area (TPSA) is 103 Å². The number of methoxy groups -OCH3 is 1. The van der Waals surface area contributed by atoms with Gasteiger partial charge >= 0.3 is 0 Å². The Morgan fingerprint density at radius 3 is 2.88 bits per heavy atom. The largest absolute Gasteiger partial charge is 0.496 e. The molecular formula is C16H14BrN3O5. The fourth-order valence-electron chi connectivity index (χ4n) is 1.85. The van der Waals surface area contributed by atoms with Crippen LogP contribution < -0.4 is 14.9 Å². The van der Waals surface area contributed by atoms with Gasteiger partial charge in [-0.2, -0.15) is 5.10 Å². The maximum atomic E-state index is 11.7. The van der Waals surface area contributed by atoms with E-state index in [4.69, 9.17) is 9.47 Å². The minimum absolute atomic E-state index is 0.113. The zero-order valence-electron chi connectivity index (χ0n) is 13.1. The minimum Gasteiger partial charge on any atom is -0.496 e. The number of benzene rings is 2. The van der Waals surface area contributed by atoms with E-state index < -0.39 is 10.8 Å². The van der Waals surface area contributed by atoms with Gasteiger partial charge in [0, 0.05) is 16.1 Å². The predicted molar refractivity (Wildman–Crippen MR) is 95.0 cm³/mol. The van der Waals surface area contributed by atoms with Crippen molar-refractivity contribution in [3.05, 3.63) is 62.6 Å². The van der Waals surface area contributed by atoms with E-state index >= 15 is 0 Å². The smallest absolute Gasteiger partial charge is 0.277 e. The molecule has 0 aliphatic carbocycles. The second-order valence-corrected chi connectivity index (χ2v) is 5.64. The van der Waals surface area contributed by atoms with Crippen molar-refractivity contribution < 1.29 is 19.2 Å². The standard InChI is InChI=1S/C16H14BrN3O5/c1-24-15-6-5-12(17)7-11(15)9-18-19-16(21)10-25-14-4-2-3-13(8-14)20(22)23/h2-9H,10H2,1H3,(H,19,21)/b18-9+. The van der Waals surface area contributed by atoms with Crippen molar-refractivity contribution in [2.45, 2.75) is 0 Å². The van der Waals surface area contributed by atoms with Crippen LogP contribution in [-0.4, -0.2) is 30.8 Å². The molecule has 0 aromatic heterocycles. The summed E-state index contributed by atoms with van der Waals surface area (Å²) >= 11 is 3.34. The fraction of sp³-hybridized carbons (Fsp3) is 0.125. The van der Waals surface area contributed by atoms with Gasteiger partial charge in [-0.15, -0.1) is 0 Å². The zero-order chi connectivity index (χ0) is 18.2. The molecule has 0 aliphatic heterocycles. The summed E-state index contributed by atoms with van der Waals surface area (Å²) in [6.45, 7) is -0.325. The van der Waals surface area contributed by atoms with E-state index in [9.17, 15) is 14.9 Å². The fourth-order valence-corrected chi connectivity index (χ4v) is 2.23. The lowest BCUT2D eigenvalue weighted by Gasteiger charge is -2.06. The molecule has 8 nitrogen and oxygen atoms in total. The van der Waals surface area contributed by atoms with Gasteiger partial charge < -0.3 is 9.47 Å². The normalized spacial score (nSPS) is 10.5. The Morgan fingerprint density at radius 2 is 2.16 bits per heavy atom. The highest BCUT2D eigenvalue weighted by atomic mass is 79.9. The molecule has 0 fully saturated rings. The number of rotatable bonds is 7. The number of ether oxygens (including phenoxy) is 2. The molecule has 0 saturated carbocycles. The molecule has 25 heavy (non-hydrogen) atoms. The highest BCUT2D eigenvalue weighted by Crippen LogP contribution is 2.21. The molecule has 0 saturated heterocycles. The van der Waals surface area contributed by atoms with Gasteiger partial charge in [-0.3, -0.25) is 14.9 Å². The molecule has 0 aliphatic rings. The number of hydrogen-bond donors (Lipinski definition) is 1. The Bertz CT molecular complexity index is 810. The number of nitro groups is 1. The van der Waals surface area contributed by atoms with E-state index in [1.165, 1.54) is 37.6 Å². The van der Waals surface area contributed by atoms with Gasteiger partial charge in [0.05, 0.1) is 24.3 Å². The van der Waals surface area contributed by atoms with Crippen molar-refractivity contribution in [1.82, 2.24) is 5.43 Å². The molecule has 1 amide bonds. The molecule has 0 bridgehead atoms. The number of carbonyl (C=O) groups excluding carboxylic acids is 1. The molecule has 0 unspecified atom stereocenters. The highest BCUT2D eigenvalue weighted by Gasteiger charge is 2.08. The molecule has 0 heterocycles. The summed E-state index contributed by atoms with van der Waals surface area (Å²) in [7, 11) is 1.53. The summed E-state index contributed by atoms with van der Waals surface area (Å²) in [5, 5.41) is 14.5. The Balaban J connectivity index is 1.90. The summed E-state index contributed by atoms with van der Waals surface area (Å²) in [5.74, 6) is 0.327. The van der Waals surface area contributed by atoms with Crippen LogP contribution in [0.2, 0.25) is 0 Å². The van der Waals surface area contributed by atoms with Crippen LogP contribution in [0.25, 0.3) is 0 Å². The van der Waals surface area contributed by atoms with Crippen LogP contribution in [0.1, 0.15) is 5.56 Å². The third kappa shape index (κ3) is 5.57. The first-order valence-electron chi connectivity index (χ1n) is 7.02. The van der Waals surface area contributed by atoms with Gasteiger partial charge in [0.2, 0.25) is 0 Å². The van der Waals surface area contributed by atoms with Gasteiger partial charge in [0.1, 0.15) is 11.5 Å². The Hall–Kier alpha value is -2.94. The van der Waals surface area contributed by atoms with Gasteiger partial charge in [-0.05, 0) is 24.3 Å². The minimum atomic E-state index is -0.539. The van der Waals surface area contributed by atoms with Crippen LogP contribution >= 0.6 is 15.9 Å². The number of amides is 1. The van der Waals surface area contributed by atoms with Crippen LogP contribution in [0.4, 0.5) is 5.69 Å². The van der Waals surface area contributed by atoms with Crippen molar-refractivity contribution in [2.24, 2.45) is 5.10 Å². The lowest BCUT2D eigenvalue weighted by atomic mass is 10.2. The first-order valence-corrected chi connectivity index (χ1v) is 7.81. The Kier molecular flexibility index (Phi) is 6.47. The number of nitrogens with one attached hydrogen (secondary N) is 1. The monoisotopic (exact) mass is 407 g/mol. The van der Waals surface area contributed by atoms with Crippen LogP contribution in [-0.2, 0) is 4.79 Å². The molecular weight excluding hydrogens is 394 g/mol. The zero-order valence-corrected chi connectivity index (χ0v) is 14.7. The summed E-state index contributed by atoms with van der Waals surface area (Å²) in [5.41, 5.74) is 2.87. The van der Waals surface area contributed by atoms with Gasteiger partial charge in [0.25, 0.3) is 11.6 Å². The van der Waals surface area contributed by atoms with E-state index in [2.05, 4.69) is 26.5 Å². The van der Waals surface area contributed by atoms with Crippen LogP contribution in [0.5, 0.6) is 11.5 Å². The van der Waals surface area contributed by atoms with Crippen molar-refractivity contribution in [1.29, 1.82) is 0 Å². The van der Waals surface area contributed by atoms with E-state index in [-0.39, 0.29) is 18.0 Å². The van der Waals surface area contributed by atoms with E-state index in [0.717, 1.165) is 4.47 Å². The van der Waals surface area contributed by atoms with Gasteiger partial charge in [0.15, 0.2) is 6.61 Å².